The average Bonchev–Trinajstić information content (AvgIpc) is 2.61. The highest BCUT2D eigenvalue weighted by Crippen LogP contribution is 2.37. The summed E-state index contributed by atoms with van der Waals surface area (Å²) in [6, 6.07) is 3.31. The topological polar surface area (TPSA) is 61.8 Å². The van der Waals surface area contributed by atoms with E-state index in [0.29, 0.717) is 19.5 Å². The maximum atomic E-state index is 13.1. The van der Waals surface area contributed by atoms with Crippen LogP contribution in [0, 0.1) is 0 Å². The summed E-state index contributed by atoms with van der Waals surface area (Å²) in [6.07, 6.45) is -3.05. The van der Waals surface area contributed by atoms with Crippen LogP contribution >= 0.6 is 23.4 Å². The molecule has 2 rings (SSSR count). The molecule has 1 aliphatic heterocycles. The third-order valence-corrected chi connectivity index (χ3v) is 5.52. The van der Waals surface area contributed by atoms with E-state index in [-0.39, 0.29) is 29.1 Å². The number of amidine groups is 1. The summed E-state index contributed by atoms with van der Waals surface area (Å²) in [4.78, 5) is 30.4. The fourth-order valence-electron chi connectivity index (χ4n) is 2.58. The molecule has 154 valence electrons. The van der Waals surface area contributed by atoms with Crippen LogP contribution < -0.4 is 5.32 Å². The van der Waals surface area contributed by atoms with Gasteiger partial charge in [-0.3, -0.25) is 14.5 Å². The summed E-state index contributed by atoms with van der Waals surface area (Å²) >= 11 is 6.74. The molecule has 2 amide bonds. The number of thioether (sulfide) groups is 1. The highest BCUT2D eigenvalue weighted by Gasteiger charge is 2.36. The third-order valence-electron chi connectivity index (χ3n) is 4.00. The SMILES string of the molecule is CCCCN1C(=O)C[C@@H](C(=O)NCC)SC1=Nc1ccc(Cl)c(C(F)(F)F)c1. The van der Waals surface area contributed by atoms with Gasteiger partial charge >= 0.3 is 6.18 Å². The molecule has 1 atom stereocenters. The van der Waals surface area contributed by atoms with Gasteiger partial charge in [-0.25, -0.2) is 4.99 Å². The fourth-order valence-corrected chi connectivity index (χ4v) is 3.95. The lowest BCUT2D eigenvalue weighted by molar-refractivity contribution is -0.137. The molecule has 1 heterocycles. The molecule has 1 fully saturated rings. The number of nitrogens with zero attached hydrogens (tertiary/aromatic N) is 2. The summed E-state index contributed by atoms with van der Waals surface area (Å²) in [6.45, 7) is 4.54. The average molecular weight is 436 g/mol. The fraction of sp³-hybridized carbons (Fsp3) is 0.500. The van der Waals surface area contributed by atoms with Crippen molar-refractivity contribution in [1.82, 2.24) is 10.2 Å². The van der Waals surface area contributed by atoms with Crippen LogP contribution in [0.15, 0.2) is 23.2 Å². The van der Waals surface area contributed by atoms with E-state index >= 15 is 0 Å². The molecule has 0 unspecified atom stereocenters. The first-order chi connectivity index (χ1) is 13.2. The second-order valence-electron chi connectivity index (χ2n) is 6.16. The number of amides is 2. The molecule has 10 heteroatoms. The van der Waals surface area contributed by atoms with Gasteiger partial charge in [0.15, 0.2) is 5.17 Å². The van der Waals surface area contributed by atoms with Gasteiger partial charge < -0.3 is 5.32 Å². The molecule has 1 saturated heterocycles. The van der Waals surface area contributed by atoms with Crippen molar-refractivity contribution < 1.29 is 22.8 Å². The predicted octanol–water partition coefficient (Wildman–Crippen LogP) is 4.62. The summed E-state index contributed by atoms with van der Waals surface area (Å²) in [7, 11) is 0. The van der Waals surface area contributed by atoms with E-state index in [0.717, 1.165) is 30.3 Å². The predicted molar refractivity (Wildman–Crippen MR) is 105 cm³/mol. The smallest absolute Gasteiger partial charge is 0.355 e. The molecule has 1 N–H and O–H groups in total. The molecular formula is C18H21ClF3N3O2S. The van der Waals surface area contributed by atoms with E-state index in [1.807, 2.05) is 6.92 Å². The van der Waals surface area contributed by atoms with Gasteiger partial charge in [0.1, 0.15) is 0 Å². The van der Waals surface area contributed by atoms with Crippen molar-refractivity contribution in [1.29, 1.82) is 0 Å². The summed E-state index contributed by atoms with van der Waals surface area (Å²) in [5.41, 5.74) is -0.978. The van der Waals surface area contributed by atoms with Crippen LogP contribution in [-0.4, -0.2) is 40.2 Å². The summed E-state index contributed by atoms with van der Waals surface area (Å²) in [5.74, 6) is -0.567. The monoisotopic (exact) mass is 435 g/mol. The largest absolute Gasteiger partial charge is 0.417 e. The first-order valence-electron chi connectivity index (χ1n) is 8.87. The lowest BCUT2D eigenvalue weighted by Crippen LogP contribution is -2.47. The number of halogens is 4. The standard InChI is InChI=1S/C18H21ClF3N3O2S/c1-3-5-8-25-15(26)10-14(16(27)23-4-2)28-17(25)24-11-6-7-13(19)12(9-11)18(20,21)22/h6-7,9,14H,3-5,8,10H2,1-2H3,(H,23,27)/t14-/m0/s1. The Morgan fingerprint density at radius 1 is 1.39 bits per heavy atom. The zero-order chi connectivity index (χ0) is 20.9. The van der Waals surface area contributed by atoms with Crippen molar-refractivity contribution >= 4 is 46.0 Å². The van der Waals surface area contributed by atoms with Crippen LogP contribution in [0.3, 0.4) is 0 Å². The molecule has 0 aromatic heterocycles. The molecule has 1 aromatic carbocycles. The summed E-state index contributed by atoms with van der Waals surface area (Å²) < 4.78 is 39.3. The number of carbonyl (C=O) groups excluding carboxylic acids is 2. The number of alkyl halides is 3. The zero-order valence-electron chi connectivity index (χ0n) is 15.5. The van der Waals surface area contributed by atoms with Crippen LogP contribution in [0.4, 0.5) is 18.9 Å². The minimum atomic E-state index is -4.62. The Morgan fingerprint density at radius 3 is 2.71 bits per heavy atom. The molecule has 1 aromatic rings. The molecule has 0 saturated carbocycles. The van der Waals surface area contributed by atoms with Crippen LogP contribution in [0.1, 0.15) is 38.7 Å². The van der Waals surface area contributed by atoms with Crippen molar-refractivity contribution in [3.8, 4) is 0 Å². The van der Waals surface area contributed by atoms with Crippen LogP contribution in [0.25, 0.3) is 0 Å². The Kier molecular flexibility index (Phi) is 7.77. The van der Waals surface area contributed by atoms with Crippen LogP contribution in [0.2, 0.25) is 5.02 Å². The van der Waals surface area contributed by atoms with Crippen molar-refractivity contribution in [2.45, 2.75) is 44.5 Å². The number of rotatable bonds is 6. The lowest BCUT2D eigenvalue weighted by Gasteiger charge is -2.31. The Balaban J connectivity index is 2.40. The first kappa shape index (κ1) is 22.5. The van der Waals surface area contributed by atoms with Crippen molar-refractivity contribution in [2.75, 3.05) is 13.1 Å². The molecule has 5 nitrogen and oxygen atoms in total. The normalized spacial score (nSPS) is 19.2. The lowest BCUT2D eigenvalue weighted by atomic mass is 10.2. The van der Waals surface area contributed by atoms with Crippen molar-refractivity contribution in [3.63, 3.8) is 0 Å². The number of hydrogen-bond acceptors (Lipinski definition) is 4. The second kappa shape index (κ2) is 9.65. The molecule has 28 heavy (non-hydrogen) atoms. The Bertz CT molecular complexity index is 771. The molecule has 0 bridgehead atoms. The molecule has 1 aliphatic rings. The van der Waals surface area contributed by atoms with Gasteiger partial charge in [-0.2, -0.15) is 13.2 Å². The highest BCUT2D eigenvalue weighted by molar-refractivity contribution is 8.15. The van der Waals surface area contributed by atoms with E-state index in [2.05, 4.69) is 10.3 Å². The number of hydrogen-bond donors (Lipinski definition) is 1. The van der Waals surface area contributed by atoms with E-state index in [9.17, 15) is 22.8 Å². The number of benzene rings is 1. The van der Waals surface area contributed by atoms with Gasteiger partial charge in [-0.05, 0) is 31.5 Å². The minimum absolute atomic E-state index is 0.0186. The maximum absolute atomic E-state index is 13.1. The van der Waals surface area contributed by atoms with Gasteiger partial charge in [0.25, 0.3) is 0 Å². The Labute approximate surface area is 170 Å². The molecule has 0 radical (unpaired) electrons. The minimum Gasteiger partial charge on any atom is -0.355 e. The third kappa shape index (κ3) is 5.64. The maximum Gasteiger partial charge on any atom is 0.417 e. The van der Waals surface area contributed by atoms with E-state index in [1.54, 1.807) is 6.92 Å². The van der Waals surface area contributed by atoms with Crippen molar-refractivity contribution in [3.05, 3.63) is 28.8 Å². The number of nitrogens with one attached hydrogen (secondary N) is 1. The number of unbranched alkanes of at least 4 members (excludes halogenated alkanes) is 1. The quantitative estimate of drug-likeness (QED) is 0.709. The second-order valence-corrected chi connectivity index (χ2v) is 7.74. The van der Waals surface area contributed by atoms with Crippen LogP contribution in [-0.2, 0) is 15.8 Å². The first-order valence-corrected chi connectivity index (χ1v) is 10.1. The van der Waals surface area contributed by atoms with E-state index in [1.165, 1.54) is 11.0 Å². The molecule has 0 aliphatic carbocycles. The van der Waals surface area contributed by atoms with Crippen molar-refractivity contribution in [2.24, 2.45) is 4.99 Å². The van der Waals surface area contributed by atoms with Crippen LogP contribution in [0.5, 0.6) is 0 Å². The number of aliphatic imine (C=N–C) groups is 1. The van der Waals surface area contributed by atoms with Gasteiger partial charge in [0.2, 0.25) is 11.8 Å². The van der Waals surface area contributed by atoms with Gasteiger partial charge in [-0.15, -0.1) is 0 Å². The van der Waals surface area contributed by atoms with Gasteiger partial charge in [0, 0.05) is 19.5 Å². The molecular weight excluding hydrogens is 415 g/mol. The highest BCUT2D eigenvalue weighted by atomic mass is 35.5. The van der Waals surface area contributed by atoms with E-state index in [4.69, 9.17) is 11.6 Å². The Hall–Kier alpha value is -1.74. The zero-order valence-corrected chi connectivity index (χ0v) is 17.0. The van der Waals surface area contributed by atoms with E-state index < -0.39 is 22.0 Å². The van der Waals surface area contributed by atoms with Gasteiger partial charge in [-0.1, -0.05) is 36.7 Å². The van der Waals surface area contributed by atoms with Gasteiger partial charge in [0.05, 0.1) is 21.5 Å². The molecule has 0 spiro atoms. The summed E-state index contributed by atoms with van der Waals surface area (Å²) in [5, 5.41) is 1.79. The Morgan fingerprint density at radius 2 is 2.11 bits per heavy atom. The number of carbonyl (C=O) groups is 2.